The normalized spacial score (nSPS) is 10.0. The SMILES string of the molecule is CC(C)=CCn1cnc(C)c(I)c1=O. The monoisotopic (exact) mass is 304 g/mol. The molecule has 0 radical (unpaired) electrons. The molecule has 0 aliphatic heterocycles. The van der Waals surface area contributed by atoms with E-state index >= 15 is 0 Å². The van der Waals surface area contributed by atoms with Gasteiger partial charge in [0.15, 0.2) is 0 Å². The highest BCUT2D eigenvalue weighted by molar-refractivity contribution is 14.1. The van der Waals surface area contributed by atoms with E-state index in [1.54, 1.807) is 10.9 Å². The third-order valence-corrected chi connectivity index (χ3v) is 3.10. The van der Waals surface area contributed by atoms with Crippen molar-refractivity contribution < 1.29 is 0 Å². The first-order valence-electron chi connectivity index (χ1n) is 4.37. The standard InChI is InChI=1S/C10H13IN2O/c1-7(2)4-5-13-6-12-8(3)9(11)10(13)14/h4,6H,5H2,1-3H3. The van der Waals surface area contributed by atoms with Crippen molar-refractivity contribution in [3.8, 4) is 0 Å². The second-order valence-electron chi connectivity index (χ2n) is 3.38. The van der Waals surface area contributed by atoms with Crippen molar-refractivity contribution in [3.05, 3.63) is 37.6 Å². The second kappa shape index (κ2) is 4.72. The lowest BCUT2D eigenvalue weighted by Gasteiger charge is -2.03. The van der Waals surface area contributed by atoms with Crippen LogP contribution in [0, 0.1) is 10.5 Å². The van der Waals surface area contributed by atoms with Gasteiger partial charge in [0.1, 0.15) is 0 Å². The molecule has 0 unspecified atom stereocenters. The average molecular weight is 304 g/mol. The lowest BCUT2D eigenvalue weighted by Crippen LogP contribution is -2.23. The van der Waals surface area contributed by atoms with Gasteiger partial charge in [0, 0.05) is 6.54 Å². The number of nitrogens with zero attached hydrogens (tertiary/aromatic N) is 2. The topological polar surface area (TPSA) is 34.9 Å². The summed E-state index contributed by atoms with van der Waals surface area (Å²) >= 11 is 2.04. The molecule has 1 aromatic rings. The molecule has 76 valence electrons. The van der Waals surface area contributed by atoms with Crippen molar-refractivity contribution in [1.29, 1.82) is 0 Å². The lowest BCUT2D eigenvalue weighted by molar-refractivity contribution is 0.736. The van der Waals surface area contributed by atoms with E-state index < -0.39 is 0 Å². The summed E-state index contributed by atoms with van der Waals surface area (Å²) in [5.74, 6) is 0. The summed E-state index contributed by atoms with van der Waals surface area (Å²) < 4.78 is 2.31. The average Bonchev–Trinajstić information content (AvgIpc) is 2.13. The predicted molar refractivity (Wildman–Crippen MR) is 65.4 cm³/mol. The van der Waals surface area contributed by atoms with E-state index in [-0.39, 0.29) is 5.56 Å². The van der Waals surface area contributed by atoms with Crippen molar-refractivity contribution >= 4 is 22.6 Å². The Morgan fingerprint density at radius 1 is 1.64 bits per heavy atom. The fourth-order valence-corrected chi connectivity index (χ4v) is 1.41. The van der Waals surface area contributed by atoms with Gasteiger partial charge in [-0.05, 0) is 43.4 Å². The van der Waals surface area contributed by atoms with Crippen LogP contribution in [0.15, 0.2) is 22.8 Å². The third-order valence-electron chi connectivity index (χ3n) is 1.85. The Kier molecular flexibility index (Phi) is 3.86. The van der Waals surface area contributed by atoms with Gasteiger partial charge >= 0.3 is 0 Å². The Hall–Kier alpha value is -0.650. The van der Waals surface area contributed by atoms with E-state index in [2.05, 4.69) is 4.98 Å². The van der Waals surface area contributed by atoms with Crippen molar-refractivity contribution in [3.63, 3.8) is 0 Å². The molecule has 0 saturated carbocycles. The summed E-state index contributed by atoms with van der Waals surface area (Å²) in [5, 5.41) is 0. The fourth-order valence-electron chi connectivity index (χ4n) is 0.957. The van der Waals surface area contributed by atoms with Crippen molar-refractivity contribution in [2.45, 2.75) is 27.3 Å². The van der Waals surface area contributed by atoms with Crippen molar-refractivity contribution in [1.82, 2.24) is 9.55 Å². The van der Waals surface area contributed by atoms with Crippen LogP contribution >= 0.6 is 22.6 Å². The summed E-state index contributed by atoms with van der Waals surface area (Å²) in [6.45, 7) is 6.47. The highest BCUT2D eigenvalue weighted by Crippen LogP contribution is 2.01. The molecule has 14 heavy (non-hydrogen) atoms. The van der Waals surface area contributed by atoms with E-state index in [0.717, 1.165) is 5.69 Å². The number of rotatable bonds is 2. The van der Waals surface area contributed by atoms with Gasteiger partial charge in [-0.3, -0.25) is 9.36 Å². The number of allylic oxidation sites excluding steroid dienone is 2. The van der Waals surface area contributed by atoms with Crippen LogP contribution in [0.1, 0.15) is 19.5 Å². The molecule has 1 aromatic heterocycles. The number of halogens is 1. The summed E-state index contributed by atoms with van der Waals surface area (Å²) in [6.07, 6.45) is 3.60. The zero-order valence-corrected chi connectivity index (χ0v) is 10.7. The first-order valence-corrected chi connectivity index (χ1v) is 5.45. The van der Waals surface area contributed by atoms with E-state index in [1.807, 2.05) is 49.4 Å². The summed E-state index contributed by atoms with van der Waals surface area (Å²) in [5.41, 5.74) is 2.03. The van der Waals surface area contributed by atoms with E-state index in [9.17, 15) is 4.79 Å². The predicted octanol–water partition coefficient (Wildman–Crippen LogP) is 2.12. The van der Waals surface area contributed by atoms with Crippen LogP contribution in [0.25, 0.3) is 0 Å². The quantitative estimate of drug-likeness (QED) is 0.620. The van der Waals surface area contributed by atoms with Gasteiger partial charge in [0.05, 0.1) is 15.6 Å². The molecular formula is C10H13IN2O. The molecule has 0 saturated heterocycles. The number of aromatic nitrogens is 2. The molecule has 1 heterocycles. The minimum Gasteiger partial charge on any atom is -0.294 e. The van der Waals surface area contributed by atoms with Crippen molar-refractivity contribution in [2.24, 2.45) is 0 Å². The first-order chi connectivity index (χ1) is 6.52. The van der Waals surface area contributed by atoms with Crippen LogP contribution in [0.4, 0.5) is 0 Å². The minimum atomic E-state index is 0.0376. The maximum atomic E-state index is 11.7. The van der Waals surface area contributed by atoms with Gasteiger partial charge in [-0.15, -0.1) is 0 Å². The molecule has 0 amide bonds. The van der Waals surface area contributed by atoms with Gasteiger partial charge in [-0.2, -0.15) is 0 Å². The maximum Gasteiger partial charge on any atom is 0.267 e. The molecule has 4 heteroatoms. The molecule has 0 spiro atoms. The van der Waals surface area contributed by atoms with Crippen LogP contribution in [0.3, 0.4) is 0 Å². The van der Waals surface area contributed by atoms with Crippen molar-refractivity contribution in [2.75, 3.05) is 0 Å². The van der Waals surface area contributed by atoms with Gasteiger partial charge in [0.2, 0.25) is 0 Å². The Bertz CT molecular complexity index is 417. The molecule has 0 aliphatic rings. The Labute approximate surface area is 97.0 Å². The minimum absolute atomic E-state index is 0.0376. The molecular weight excluding hydrogens is 291 g/mol. The van der Waals surface area contributed by atoms with Crippen LogP contribution in [0.2, 0.25) is 0 Å². The highest BCUT2D eigenvalue weighted by Gasteiger charge is 2.03. The van der Waals surface area contributed by atoms with Crippen LogP contribution in [0.5, 0.6) is 0 Å². The smallest absolute Gasteiger partial charge is 0.267 e. The lowest BCUT2D eigenvalue weighted by atomic mass is 10.3. The van der Waals surface area contributed by atoms with Gasteiger partial charge in [0.25, 0.3) is 5.56 Å². The highest BCUT2D eigenvalue weighted by atomic mass is 127. The number of hydrogen-bond donors (Lipinski definition) is 0. The van der Waals surface area contributed by atoms with Gasteiger partial charge < -0.3 is 0 Å². The van der Waals surface area contributed by atoms with Gasteiger partial charge in [-0.25, -0.2) is 4.98 Å². The van der Waals surface area contributed by atoms with Crippen LogP contribution in [-0.4, -0.2) is 9.55 Å². The maximum absolute atomic E-state index is 11.7. The zero-order valence-electron chi connectivity index (χ0n) is 8.54. The van der Waals surface area contributed by atoms with Crippen LogP contribution < -0.4 is 5.56 Å². The second-order valence-corrected chi connectivity index (χ2v) is 4.46. The molecule has 3 nitrogen and oxygen atoms in total. The largest absolute Gasteiger partial charge is 0.294 e. The van der Waals surface area contributed by atoms with Gasteiger partial charge in [-0.1, -0.05) is 11.6 Å². The van der Waals surface area contributed by atoms with E-state index in [4.69, 9.17) is 0 Å². The Morgan fingerprint density at radius 2 is 2.29 bits per heavy atom. The molecule has 0 aliphatic carbocycles. The zero-order chi connectivity index (χ0) is 10.7. The number of hydrogen-bond acceptors (Lipinski definition) is 2. The number of aryl methyl sites for hydroxylation is 1. The summed E-state index contributed by atoms with van der Waals surface area (Å²) in [7, 11) is 0. The molecule has 1 rings (SSSR count). The fraction of sp³-hybridized carbons (Fsp3) is 0.400. The van der Waals surface area contributed by atoms with E-state index in [0.29, 0.717) is 10.1 Å². The summed E-state index contributed by atoms with van der Waals surface area (Å²) in [6, 6.07) is 0. The Morgan fingerprint density at radius 3 is 2.86 bits per heavy atom. The molecule has 0 N–H and O–H groups in total. The molecule has 0 fully saturated rings. The van der Waals surface area contributed by atoms with Crippen LogP contribution in [-0.2, 0) is 6.54 Å². The third kappa shape index (κ3) is 2.67. The molecule has 0 bridgehead atoms. The Balaban J connectivity index is 3.07. The summed E-state index contributed by atoms with van der Waals surface area (Å²) in [4.78, 5) is 15.8. The first kappa shape index (κ1) is 11.4. The molecule has 0 atom stereocenters. The molecule has 0 aromatic carbocycles. The van der Waals surface area contributed by atoms with E-state index in [1.165, 1.54) is 5.57 Å².